The Kier molecular flexibility index (Phi) is 6.89. The first kappa shape index (κ1) is 16.0. The van der Waals surface area contributed by atoms with Crippen molar-refractivity contribution in [2.24, 2.45) is 5.10 Å². The molecule has 3 nitrogen and oxygen atoms in total. The fourth-order valence-corrected chi connectivity index (χ4v) is 1.82. The van der Waals surface area contributed by atoms with Crippen LogP contribution in [0.15, 0.2) is 23.3 Å². The van der Waals surface area contributed by atoms with E-state index >= 15 is 0 Å². The Hall–Kier alpha value is -1.06. The maximum atomic E-state index is 11.5. The maximum Gasteiger partial charge on any atom is 0.240 e. The number of hydrazone groups is 1. The van der Waals surface area contributed by atoms with Crippen molar-refractivity contribution in [3.8, 4) is 0 Å². The number of halogens is 2. The van der Waals surface area contributed by atoms with Gasteiger partial charge in [-0.15, -0.1) is 0 Å². The van der Waals surface area contributed by atoms with Crippen LogP contribution in [0.25, 0.3) is 0 Å². The van der Waals surface area contributed by atoms with Gasteiger partial charge in [-0.25, -0.2) is 5.43 Å². The Labute approximate surface area is 124 Å². The summed E-state index contributed by atoms with van der Waals surface area (Å²) < 4.78 is 0. The van der Waals surface area contributed by atoms with Gasteiger partial charge in [0.15, 0.2) is 0 Å². The molecule has 0 saturated heterocycles. The number of unbranched alkanes of at least 4 members (excludes halogenated alkanes) is 2. The second kappa shape index (κ2) is 8.18. The van der Waals surface area contributed by atoms with Gasteiger partial charge in [0.2, 0.25) is 5.91 Å². The molecule has 1 amide bonds. The zero-order valence-electron chi connectivity index (χ0n) is 11.2. The minimum Gasteiger partial charge on any atom is -0.273 e. The summed E-state index contributed by atoms with van der Waals surface area (Å²) in [6.07, 6.45) is 3.55. The number of carbonyl (C=O) groups is 1. The summed E-state index contributed by atoms with van der Waals surface area (Å²) in [5.74, 6) is -0.0622. The van der Waals surface area contributed by atoms with E-state index in [0.717, 1.165) is 24.8 Å². The Morgan fingerprint density at radius 3 is 2.63 bits per heavy atom. The molecular formula is C14H18Cl2N2O. The molecule has 0 aliphatic rings. The van der Waals surface area contributed by atoms with Crippen molar-refractivity contribution in [3.63, 3.8) is 0 Å². The Morgan fingerprint density at radius 2 is 2.00 bits per heavy atom. The smallest absolute Gasteiger partial charge is 0.240 e. The molecule has 1 aromatic carbocycles. The Morgan fingerprint density at radius 1 is 1.26 bits per heavy atom. The van der Waals surface area contributed by atoms with Crippen LogP contribution in [0.2, 0.25) is 10.0 Å². The molecule has 0 radical (unpaired) electrons. The lowest BCUT2D eigenvalue weighted by atomic mass is 10.1. The lowest BCUT2D eigenvalue weighted by Gasteiger charge is -2.04. The van der Waals surface area contributed by atoms with Crippen LogP contribution in [-0.4, -0.2) is 11.6 Å². The quantitative estimate of drug-likeness (QED) is 0.472. The fourth-order valence-electron chi connectivity index (χ4n) is 1.52. The van der Waals surface area contributed by atoms with Crippen molar-refractivity contribution >= 4 is 34.8 Å². The first-order chi connectivity index (χ1) is 9.04. The van der Waals surface area contributed by atoms with Crippen LogP contribution in [0.5, 0.6) is 0 Å². The molecule has 104 valence electrons. The number of hydrogen-bond donors (Lipinski definition) is 1. The van der Waals surface area contributed by atoms with Gasteiger partial charge in [-0.05, 0) is 31.0 Å². The third-order valence-corrected chi connectivity index (χ3v) is 3.43. The molecule has 0 atom stereocenters. The highest BCUT2D eigenvalue weighted by Crippen LogP contribution is 2.22. The van der Waals surface area contributed by atoms with Crippen LogP contribution in [-0.2, 0) is 4.79 Å². The molecule has 1 rings (SSSR count). The summed E-state index contributed by atoms with van der Waals surface area (Å²) >= 11 is 11.8. The first-order valence-electron chi connectivity index (χ1n) is 6.33. The third-order valence-electron chi connectivity index (χ3n) is 2.69. The third kappa shape index (κ3) is 5.62. The second-order valence-electron chi connectivity index (χ2n) is 4.32. The standard InChI is InChI=1S/C14H18Cl2N2O/c1-3-4-5-6-14(19)18-17-10(2)11-7-8-12(15)13(16)9-11/h7-9H,3-6H2,1-2H3,(H,18,19)/b17-10+. The van der Waals surface area contributed by atoms with Gasteiger partial charge >= 0.3 is 0 Å². The van der Waals surface area contributed by atoms with Gasteiger partial charge in [-0.2, -0.15) is 5.10 Å². The van der Waals surface area contributed by atoms with Crippen LogP contribution in [0, 0.1) is 0 Å². The van der Waals surface area contributed by atoms with Crippen LogP contribution in [0.1, 0.15) is 45.1 Å². The number of hydrogen-bond acceptors (Lipinski definition) is 2. The molecule has 0 fully saturated rings. The van der Waals surface area contributed by atoms with Gasteiger partial charge in [0.1, 0.15) is 0 Å². The molecule has 0 saturated carbocycles. The summed E-state index contributed by atoms with van der Waals surface area (Å²) in [6.45, 7) is 3.91. The number of benzene rings is 1. The molecular weight excluding hydrogens is 283 g/mol. The van der Waals surface area contributed by atoms with E-state index in [1.165, 1.54) is 0 Å². The van der Waals surface area contributed by atoms with E-state index in [9.17, 15) is 4.79 Å². The molecule has 1 aromatic rings. The summed E-state index contributed by atoms with van der Waals surface area (Å²) in [4.78, 5) is 11.5. The lowest BCUT2D eigenvalue weighted by molar-refractivity contribution is -0.121. The number of amides is 1. The van der Waals surface area contributed by atoms with E-state index in [1.54, 1.807) is 12.1 Å². The lowest BCUT2D eigenvalue weighted by Crippen LogP contribution is -2.18. The predicted molar refractivity (Wildman–Crippen MR) is 81.0 cm³/mol. The van der Waals surface area contributed by atoms with Crippen molar-refractivity contribution in [2.45, 2.75) is 39.5 Å². The zero-order chi connectivity index (χ0) is 14.3. The molecule has 0 aliphatic carbocycles. The van der Waals surface area contributed by atoms with Crippen molar-refractivity contribution in [3.05, 3.63) is 33.8 Å². The molecule has 0 aromatic heterocycles. The van der Waals surface area contributed by atoms with Crippen molar-refractivity contribution in [1.29, 1.82) is 0 Å². The van der Waals surface area contributed by atoms with Gasteiger partial charge in [0.25, 0.3) is 0 Å². The summed E-state index contributed by atoms with van der Waals surface area (Å²) in [6, 6.07) is 5.25. The van der Waals surface area contributed by atoms with E-state index < -0.39 is 0 Å². The highest BCUT2D eigenvalue weighted by Gasteiger charge is 2.03. The topological polar surface area (TPSA) is 41.5 Å². The number of nitrogens with zero attached hydrogens (tertiary/aromatic N) is 1. The van der Waals surface area contributed by atoms with Crippen molar-refractivity contribution < 1.29 is 4.79 Å². The molecule has 0 spiro atoms. The first-order valence-corrected chi connectivity index (χ1v) is 7.08. The molecule has 0 bridgehead atoms. The number of rotatable bonds is 6. The maximum absolute atomic E-state index is 11.5. The highest BCUT2D eigenvalue weighted by molar-refractivity contribution is 6.42. The summed E-state index contributed by atoms with van der Waals surface area (Å²) in [7, 11) is 0. The largest absolute Gasteiger partial charge is 0.273 e. The van der Waals surface area contributed by atoms with Gasteiger partial charge < -0.3 is 0 Å². The van der Waals surface area contributed by atoms with Crippen molar-refractivity contribution in [2.75, 3.05) is 0 Å². The van der Waals surface area contributed by atoms with Gasteiger partial charge in [0.05, 0.1) is 15.8 Å². The molecule has 0 heterocycles. The second-order valence-corrected chi connectivity index (χ2v) is 5.13. The number of carbonyl (C=O) groups excluding carboxylic acids is 1. The molecule has 19 heavy (non-hydrogen) atoms. The van der Waals surface area contributed by atoms with Crippen molar-refractivity contribution in [1.82, 2.24) is 5.43 Å². The minimum atomic E-state index is -0.0622. The minimum absolute atomic E-state index is 0.0622. The average molecular weight is 301 g/mol. The van der Waals surface area contributed by atoms with E-state index in [4.69, 9.17) is 23.2 Å². The van der Waals surface area contributed by atoms with Crippen LogP contribution in [0.4, 0.5) is 0 Å². The normalized spacial score (nSPS) is 11.5. The Bertz CT molecular complexity index is 473. The van der Waals surface area contributed by atoms with E-state index in [0.29, 0.717) is 22.2 Å². The number of nitrogens with one attached hydrogen (secondary N) is 1. The molecule has 5 heteroatoms. The predicted octanol–water partition coefficient (Wildman–Crippen LogP) is 4.41. The highest BCUT2D eigenvalue weighted by atomic mass is 35.5. The van der Waals surface area contributed by atoms with Crippen LogP contribution >= 0.6 is 23.2 Å². The van der Waals surface area contributed by atoms with E-state index in [2.05, 4.69) is 17.5 Å². The molecule has 0 aliphatic heterocycles. The van der Waals surface area contributed by atoms with Gasteiger partial charge in [-0.3, -0.25) is 4.79 Å². The SMILES string of the molecule is CCCCCC(=O)N/N=C(\C)c1ccc(Cl)c(Cl)c1. The van der Waals surface area contributed by atoms with E-state index in [-0.39, 0.29) is 5.91 Å². The van der Waals surface area contributed by atoms with Gasteiger partial charge in [0, 0.05) is 6.42 Å². The van der Waals surface area contributed by atoms with Crippen LogP contribution in [0.3, 0.4) is 0 Å². The Balaban J connectivity index is 2.56. The monoisotopic (exact) mass is 300 g/mol. The molecule has 1 N–H and O–H groups in total. The summed E-state index contributed by atoms with van der Waals surface area (Å²) in [5, 5.41) is 5.04. The van der Waals surface area contributed by atoms with E-state index in [1.807, 2.05) is 13.0 Å². The zero-order valence-corrected chi connectivity index (χ0v) is 12.7. The molecule has 0 unspecified atom stereocenters. The van der Waals surface area contributed by atoms with Gasteiger partial charge in [-0.1, -0.05) is 49.0 Å². The summed E-state index contributed by atoms with van der Waals surface area (Å²) in [5.41, 5.74) is 4.08. The average Bonchev–Trinajstić information content (AvgIpc) is 2.39. The van der Waals surface area contributed by atoms with Crippen LogP contribution < -0.4 is 5.43 Å². The fraction of sp³-hybridized carbons (Fsp3) is 0.429.